The van der Waals surface area contributed by atoms with Crippen molar-refractivity contribution in [2.24, 2.45) is 0 Å². The van der Waals surface area contributed by atoms with E-state index in [0.717, 1.165) is 29.5 Å². The minimum atomic E-state index is 0.730. The van der Waals surface area contributed by atoms with Gasteiger partial charge in [-0.1, -0.05) is 18.5 Å². The Balaban J connectivity index is 2.40. The second-order valence-electron chi connectivity index (χ2n) is 3.11. The van der Waals surface area contributed by atoms with Crippen molar-refractivity contribution in [3.05, 3.63) is 35.2 Å². The molecule has 0 unspecified atom stereocenters. The fourth-order valence-electron chi connectivity index (χ4n) is 1.39. The molecular formula is C10H12ClN3. The molecule has 0 radical (unpaired) electrons. The fourth-order valence-corrected chi connectivity index (χ4v) is 1.55. The van der Waals surface area contributed by atoms with Crippen LogP contribution in [0.3, 0.4) is 0 Å². The van der Waals surface area contributed by atoms with E-state index in [2.05, 4.69) is 17.2 Å². The zero-order chi connectivity index (χ0) is 9.97. The zero-order valence-corrected chi connectivity index (χ0v) is 8.75. The molecule has 0 bridgehead atoms. The van der Waals surface area contributed by atoms with E-state index in [-0.39, 0.29) is 0 Å². The lowest BCUT2D eigenvalue weighted by Crippen LogP contribution is -2.13. The summed E-state index contributed by atoms with van der Waals surface area (Å²) in [7, 11) is 0. The van der Waals surface area contributed by atoms with E-state index in [1.807, 2.05) is 28.9 Å². The summed E-state index contributed by atoms with van der Waals surface area (Å²) in [6.07, 6.45) is 3.75. The third kappa shape index (κ3) is 1.74. The molecule has 0 amide bonds. The Labute approximate surface area is 87.7 Å². The van der Waals surface area contributed by atoms with Gasteiger partial charge in [0.2, 0.25) is 0 Å². The SMILES string of the molecule is CCNCc1cnc2ccc(Cl)cn12. The van der Waals surface area contributed by atoms with Gasteiger partial charge >= 0.3 is 0 Å². The largest absolute Gasteiger partial charge is 0.311 e. The average molecular weight is 210 g/mol. The van der Waals surface area contributed by atoms with Crippen LogP contribution in [0.15, 0.2) is 24.5 Å². The highest BCUT2D eigenvalue weighted by atomic mass is 35.5. The molecule has 0 aromatic carbocycles. The van der Waals surface area contributed by atoms with Gasteiger partial charge in [0.15, 0.2) is 0 Å². The topological polar surface area (TPSA) is 29.3 Å². The summed E-state index contributed by atoms with van der Waals surface area (Å²) >= 11 is 5.91. The molecule has 14 heavy (non-hydrogen) atoms. The molecule has 0 aliphatic heterocycles. The predicted molar refractivity (Wildman–Crippen MR) is 57.6 cm³/mol. The molecule has 0 aliphatic carbocycles. The van der Waals surface area contributed by atoms with Crippen molar-refractivity contribution < 1.29 is 0 Å². The molecule has 3 nitrogen and oxygen atoms in total. The highest BCUT2D eigenvalue weighted by Gasteiger charge is 2.01. The predicted octanol–water partition coefficient (Wildman–Crippen LogP) is 2.10. The third-order valence-electron chi connectivity index (χ3n) is 2.10. The number of fused-ring (bicyclic) bond motifs is 1. The van der Waals surface area contributed by atoms with Crippen LogP contribution in [0, 0.1) is 0 Å². The Hall–Kier alpha value is -1.06. The van der Waals surface area contributed by atoms with Gasteiger partial charge < -0.3 is 9.72 Å². The van der Waals surface area contributed by atoms with E-state index >= 15 is 0 Å². The van der Waals surface area contributed by atoms with Gasteiger partial charge in [0.1, 0.15) is 5.65 Å². The molecular weight excluding hydrogens is 198 g/mol. The lowest BCUT2D eigenvalue weighted by atomic mass is 10.4. The number of pyridine rings is 1. The van der Waals surface area contributed by atoms with E-state index in [1.165, 1.54) is 0 Å². The number of rotatable bonds is 3. The molecule has 0 fully saturated rings. The smallest absolute Gasteiger partial charge is 0.137 e. The first kappa shape index (κ1) is 9.49. The Morgan fingerprint density at radius 1 is 1.50 bits per heavy atom. The fraction of sp³-hybridized carbons (Fsp3) is 0.300. The van der Waals surface area contributed by atoms with Crippen LogP contribution in [-0.4, -0.2) is 15.9 Å². The first-order valence-electron chi connectivity index (χ1n) is 4.63. The van der Waals surface area contributed by atoms with Crippen molar-refractivity contribution >= 4 is 17.2 Å². The van der Waals surface area contributed by atoms with Gasteiger partial charge in [-0.3, -0.25) is 0 Å². The maximum absolute atomic E-state index is 5.91. The zero-order valence-electron chi connectivity index (χ0n) is 8.00. The summed E-state index contributed by atoms with van der Waals surface area (Å²) in [5, 5.41) is 3.99. The molecule has 2 heterocycles. The minimum Gasteiger partial charge on any atom is -0.311 e. The lowest BCUT2D eigenvalue weighted by Gasteiger charge is -2.02. The standard InChI is InChI=1S/C10H12ClN3/c1-2-12-5-9-6-13-10-4-3-8(11)7-14(9)10/h3-4,6-7,12H,2,5H2,1H3. The molecule has 2 aromatic heterocycles. The highest BCUT2D eigenvalue weighted by molar-refractivity contribution is 6.30. The van der Waals surface area contributed by atoms with Crippen LogP contribution in [-0.2, 0) is 6.54 Å². The van der Waals surface area contributed by atoms with Crippen LogP contribution in [0.4, 0.5) is 0 Å². The van der Waals surface area contributed by atoms with E-state index < -0.39 is 0 Å². The van der Waals surface area contributed by atoms with Crippen LogP contribution >= 0.6 is 11.6 Å². The molecule has 0 saturated heterocycles. The summed E-state index contributed by atoms with van der Waals surface area (Å²) in [5.74, 6) is 0. The second-order valence-corrected chi connectivity index (χ2v) is 3.54. The molecule has 0 atom stereocenters. The number of hydrogen-bond donors (Lipinski definition) is 1. The van der Waals surface area contributed by atoms with Crippen molar-refractivity contribution in [3.8, 4) is 0 Å². The van der Waals surface area contributed by atoms with Crippen molar-refractivity contribution in [1.82, 2.24) is 14.7 Å². The highest BCUT2D eigenvalue weighted by Crippen LogP contribution is 2.12. The van der Waals surface area contributed by atoms with Crippen LogP contribution in [0.25, 0.3) is 5.65 Å². The first-order chi connectivity index (χ1) is 6.81. The number of imidazole rings is 1. The van der Waals surface area contributed by atoms with Crippen molar-refractivity contribution in [3.63, 3.8) is 0 Å². The minimum absolute atomic E-state index is 0.730. The van der Waals surface area contributed by atoms with Gasteiger partial charge in [-0.2, -0.15) is 0 Å². The Bertz CT molecular complexity index is 436. The maximum atomic E-state index is 5.91. The Kier molecular flexibility index (Phi) is 2.70. The van der Waals surface area contributed by atoms with Crippen LogP contribution in [0.5, 0.6) is 0 Å². The summed E-state index contributed by atoms with van der Waals surface area (Å²) in [4.78, 5) is 4.28. The molecule has 4 heteroatoms. The lowest BCUT2D eigenvalue weighted by molar-refractivity contribution is 0.706. The number of nitrogens with zero attached hydrogens (tertiary/aromatic N) is 2. The Morgan fingerprint density at radius 3 is 3.14 bits per heavy atom. The van der Waals surface area contributed by atoms with Crippen LogP contribution in [0.2, 0.25) is 5.02 Å². The molecule has 0 aliphatic rings. The van der Waals surface area contributed by atoms with Gasteiger partial charge in [0.25, 0.3) is 0 Å². The Morgan fingerprint density at radius 2 is 2.36 bits per heavy atom. The molecule has 0 spiro atoms. The van der Waals surface area contributed by atoms with Gasteiger partial charge in [0.05, 0.1) is 16.9 Å². The van der Waals surface area contributed by atoms with Gasteiger partial charge in [0, 0.05) is 12.7 Å². The monoisotopic (exact) mass is 209 g/mol. The number of hydrogen-bond acceptors (Lipinski definition) is 2. The summed E-state index contributed by atoms with van der Waals surface area (Å²) in [6.45, 7) is 3.85. The van der Waals surface area contributed by atoms with E-state index in [0.29, 0.717) is 0 Å². The van der Waals surface area contributed by atoms with Gasteiger partial charge in [-0.25, -0.2) is 4.98 Å². The van der Waals surface area contributed by atoms with Crippen molar-refractivity contribution in [1.29, 1.82) is 0 Å². The molecule has 0 saturated carbocycles. The van der Waals surface area contributed by atoms with E-state index in [1.54, 1.807) is 0 Å². The van der Waals surface area contributed by atoms with Crippen molar-refractivity contribution in [2.45, 2.75) is 13.5 Å². The number of halogens is 1. The molecule has 1 N–H and O–H groups in total. The van der Waals surface area contributed by atoms with Crippen LogP contribution < -0.4 is 5.32 Å². The van der Waals surface area contributed by atoms with E-state index in [4.69, 9.17) is 11.6 Å². The normalized spacial score (nSPS) is 11.0. The second kappa shape index (κ2) is 3.98. The average Bonchev–Trinajstić information content (AvgIpc) is 2.57. The molecule has 2 rings (SSSR count). The summed E-state index contributed by atoms with van der Waals surface area (Å²) in [5.41, 5.74) is 2.06. The number of nitrogens with one attached hydrogen (secondary N) is 1. The quantitative estimate of drug-likeness (QED) is 0.839. The third-order valence-corrected chi connectivity index (χ3v) is 2.33. The van der Waals surface area contributed by atoms with E-state index in [9.17, 15) is 0 Å². The molecule has 2 aromatic rings. The van der Waals surface area contributed by atoms with Gasteiger partial charge in [-0.05, 0) is 18.7 Å². The summed E-state index contributed by atoms with van der Waals surface area (Å²) in [6, 6.07) is 3.76. The first-order valence-corrected chi connectivity index (χ1v) is 5.01. The van der Waals surface area contributed by atoms with Crippen LogP contribution in [0.1, 0.15) is 12.6 Å². The van der Waals surface area contributed by atoms with Gasteiger partial charge in [-0.15, -0.1) is 0 Å². The summed E-state index contributed by atoms with van der Waals surface area (Å²) < 4.78 is 2.00. The van der Waals surface area contributed by atoms with Crippen molar-refractivity contribution in [2.75, 3.05) is 6.54 Å². The number of aromatic nitrogens is 2. The molecule has 74 valence electrons. The maximum Gasteiger partial charge on any atom is 0.137 e.